The van der Waals surface area contributed by atoms with Gasteiger partial charge in [0.1, 0.15) is 5.00 Å². The van der Waals surface area contributed by atoms with Gasteiger partial charge in [-0.2, -0.15) is 0 Å². The van der Waals surface area contributed by atoms with Gasteiger partial charge in [0.15, 0.2) is 5.76 Å². The van der Waals surface area contributed by atoms with E-state index in [-0.39, 0.29) is 11.9 Å². The first-order valence-electron chi connectivity index (χ1n) is 9.87. The third kappa shape index (κ3) is 4.05. The van der Waals surface area contributed by atoms with Crippen molar-refractivity contribution in [2.75, 3.05) is 18.4 Å². The Balaban J connectivity index is 1.71. The summed E-state index contributed by atoms with van der Waals surface area (Å²) in [4.78, 5) is 16.4. The number of piperidine rings is 1. The lowest BCUT2D eigenvalue weighted by Crippen LogP contribution is -2.34. The molecule has 1 N–H and O–H groups in total. The molecule has 0 radical (unpaired) electrons. The van der Waals surface area contributed by atoms with E-state index in [4.69, 9.17) is 4.42 Å². The van der Waals surface area contributed by atoms with Crippen molar-refractivity contribution < 1.29 is 9.21 Å². The van der Waals surface area contributed by atoms with Crippen LogP contribution in [0.15, 0.2) is 53.1 Å². The summed E-state index contributed by atoms with van der Waals surface area (Å²) in [5.74, 6) is 0.135. The molecule has 4 nitrogen and oxygen atoms in total. The van der Waals surface area contributed by atoms with Gasteiger partial charge in [-0.15, -0.1) is 11.3 Å². The minimum absolute atomic E-state index is 0.151. The average molecular weight is 395 g/mol. The molecule has 0 aliphatic carbocycles. The van der Waals surface area contributed by atoms with Crippen LogP contribution in [0.4, 0.5) is 5.00 Å². The number of benzene rings is 1. The molecule has 28 heavy (non-hydrogen) atoms. The maximum atomic E-state index is 12.6. The highest BCUT2D eigenvalue weighted by Gasteiger charge is 2.28. The molecule has 3 aromatic rings. The molecule has 1 fully saturated rings. The topological polar surface area (TPSA) is 45.5 Å². The van der Waals surface area contributed by atoms with E-state index in [0.29, 0.717) is 5.76 Å². The molecule has 5 heteroatoms. The smallest absolute Gasteiger partial charge is 0.291 e. The maximum absolute atomic E-state index is 12.6. The molecule has 1 atom stereocenters. The molecule has 0 saturated carbocycles. The van der Waals surface area contributed by atoms with Gasteiger partial charge in [-0.3, -0.25) is 9.69 Å². The lowest BCUT2D eigenvalue weighted by Gasteiger charge is -2.35. The number of carbonyl (C=O) groups excluding carboxylic acids is 1. The second-order valence-electron chi connectivity index (χ2n) is 7.48. The zero-order valence-electron chi connectivity index (χ0n) is 16.4. The summed E-state index contributed by atoms with van der Waals surface area (Å²) in [5.41, 5.74) is 3.71. The number of thiophene rings is 1. The average Bonchev–Trinajstić information content (AvgIpc) is 3.35. The van der Waals surface area contributed by atoms with Gasteiger partial charge >= 0.3 is 0 Å². The minimum atomic E-state index is -0.200. The molecule has 4 rings (SSSR count). The molecule has 1 aliphatic rings. The summed E-state index contributed by atoms with van der Waals surface area (Å²) >= 11 is 1.63. The van der Waals surface area contributed by atoms with Gasteiger partial charge in [-0.25, -0.2) is 0 Å². The van der Waals surface area contributed by atoms with Crippen molar-refractivity contribution in [3.8, 4) is 0 Å². The highest BCUT2D eigenvalue weighted by Crippen LogP contribution is 2.40. The van der Waals surface area contributed by atoms with Crippen LogP contribution in [0, 0.1) is 13.8 Å². The number of nitrogens with zero attached hydrogens (tertiary/aromatic N) is 1. The third-order valence-electron chi connectivity index (χ3n) is 5.30. The quantitative estimate of drug-likeness (QED) is 0.596. The Kier molecular flexibility index (Phi) is 5.64. The second kappa shape index (κ2) is 8.33. The number of rotatable bonds is 5. The van der Waals surface area contributed by atoms with E-state index in [1.165, 1.54) is 47.1 Å². The second-order valence-corrected chi connectivity index (χ2v) is 8.74. The van der Waals surface area contributed by atoms with Gasteiger partial charge in [0, 0.05) is 10.4 Å². The van der Waals surface area contributed by atoms with Gasteiger partial charge in [0.25, 0.3) is 5.91 Å². The number of aryl methyl sites for hydroxylation is 2. The van der Waals surface area contributed by atoms with E-state index in [2.05, 4.69) is 54.4 Å². The summed E-state index contributed by atoms with van der Waals surface area (Å²) in [6, 6.07) is 14.6. The summed E-state index contributed by atoms with van der Waals surface area (Å²) in [5, 5.41) is 4.01. The lowest BCUT2D eigenvalue weighted by molar-refractivity contribution is 0.0996. The van der Waals surface area contributed by atoms with Crippen LogP contribution in [-0.2, 0) is 0 Å². The van der Waals surface area contributed by atoms with E-state index in [1.54, 1.807) is 23.5 Å². The predicted octanol–water partition coefficient (Wildman–Crippen LogP) is 5.79. The van der Waals surface area contributed by atoms with Crippen LogP contribution in [0.5, 0.6) is 0 Å². The summed E-state index contributed by atoms with van der Waals surface area (Å²) in [6.07, 6.45) is 5.26. The van der Waals surface area contributed by atoms with Crippen molar-refractivity contribution in [1.82, 2.24) is 4.90 Å². The van der Waals surface area contributed by atoms with Gasteiger partial charge in [-0.05, 0) is 63.5 Å². The maximum Gasteiger partial charge on any atom is 0.291 e. The summed E-state index contributed by atoms with van der Waals surface area (Å²) in [6.45, 7) is 6.38. The molecule has 3 heterocycles. The van der Waals surface area contributed by atoms with Crippen LogP contribution >= 0.6 is 11.3 Å². The Morgan fingerprint density at radius 1 is 1.11 bits per heavy atom. The zero-order chi connectivity index (χ0) is 19.5. The molecule has 1 unspecified atom stereocenters. The highest BCUT2D eigenvalue weighted by molar-refractivity contribution is 7.16. The van der Waals surface area contributed by atoms with Crippen LogP contribution in [-0.4, -0.2) is 23.9 Å². The molecule has 1 aliphatic heterocycles. The first-order valence-corrected chi connectivity index (χ1v) is 10.7. The van der Waals surface area contributed by atoms with Crippen molar-refractivity contribution >= 4 is 22.2 Å². The highest BCUT2D eigenvalue weighted by atomic mass is 32.1. The zero-order valence-corrected chi connectivity index (χ0v) is 17.2. The fourth-order valence-electron chi connectivity index (χ4n) is 3.92. The normalized spacial score (nSPS) is 16.1. The van der Waals surface area contributed by atoms with E-state index < -0.39 is 0 Å². The molecule has 2 aromatic heterocycles. The van der Waals surface area contributed by atoms with Crippen LogP contribution in [0.2, 0.25) is 0 Å². The first-order chi connectivity index (χ1) is 13.6. The van der Waals surface area contributed by atoms with Crippen LogP contribution in [0.25, 0.3) is 0 Å². The molecule has 0 bridgehead atoms. The van der Waals surface area contributed by atoms with Crippen molar-refractivity contribution in [2.45, 2.75) is 39.2 Å². The van der Waals surface area contributed by atoms with Crippen molar-refractivity contribution in [2.24, 2.45) is 0 Å². The van der Waals surface area contributed by atoms with E-state index in [0.717, 1.165) is 18.1 Å². The van der Waals surface area contributed by atoms with Crippen LogP contribution in [0.1, 0.15) is 57.4 Å². The minimum Gasteiger partial charge on any atom is -0.459 e. The Labute approximate surface area is 170 Å². The van der Waals surface area contributed by atoms with Crippen molar-refractivity contribution in [3.05, 3.63) is 76.1 Å². The number of carbonyl (C=O) groups is 1. The molecule has 1 saturated heterocycles. The van der Waals surface area contributed by atoms with E-state index >= 15 is 0 Å². The number of likely N-dealkylation sites (tertiary alicyclic amines) is 1. The fraction of sp³-hybridized carbons (Fsp3) is 0.348. The predicted molar refractivity (Wildman–Crippen MR) is 114 cm³/mol. The summed E-state index contributed by atoms with van der Waals surface area (Å²) in [7, 11) is 0. The molecule has 0 spiro atoms. The van der Waals surface area contributed by atoms with Crippen LogP contribution < -0.4 is 5.32 Å². The number of hydrogen-bond donors (Lipinski definition) is 1. The number of anilines is 1. The molecular formula is C23H26N2O2S. The van der Waals surface area contributed by atoms with Crippen molar-refractivity contribution in [3.63, 3.8) is 0 Å². The monoisotopic (exact) mass is 394 g/mol. The fourth-order valence-corrected chi connectivity index (χ4v) is 4.86. The number of nitrogens with one attached hydrogen (secondary N) is 1. The molecule has 1 aromatic carbocycles. The number of hydrogen-bond acceptors (Lipinski definition) is 4. The van der Waals surface area contributed by atoms with Gasteiger partial charge < -0.3 is 9.73 Å². The lowest BCUT2D eigenvalue weighted by atomic mass is 9.95. The Morgan fingerprint density at radius 2 is 1.86 bits per heavy atom. The summed E-state index contributed by atoms with van der Waals surface area (Å²) < 4.78 is 5.27. The van der Waals surface area contributed by atoms with Gasteiger partial charge in [-0.1, -0.05) is 36.2 Å². The van der Waals surface area contributed by atoms with Gasteiger partial charge in [0.2, 0.25) is 0 Å². The Bertz CT molecular complexity index is 922. The number of furan rings is 1. The molecule has 146 valence electrons. The van der Waals surface area contributed by atoms with Crippen molar-refractivity contribution in [1.29, 1.82) is 0 Å². The van der Waals surface area contributed by atoms with Gasteiger partial charge in [0.05, 0.1) is 12.3 Å². The standard InChI is InChI=1S/C23H26N2O2S/c1-16-8-10-18(11-9-16)21(25-12-4-3-5-13-25)19-15-17(2)28-23(19)24-22(26)20-7-6-14-27-20/h6-11,14-15,21H,3-5,12-13H2,1-2H3,(H,24,26). The Morgan fingerprint density at radius 3 is 2.54 bits per heavy atom. The third-order valence-corrected chi connectivity index (χ3v) is 6.28. The Hall–Kier alpha value is -2.37. The molecule has 1 amide bonds. The SMILES string of the molecule is Cc1ccc(C(c2cc(C)sc2NC(=O)c2ccco2)N2CCCCC2)cc1. The van der Waals surface area contributed by atoms with E-state index in [9.17, 15) is 4.79 Å². The largest absolute Gasteiger partial charge is 0.459 e. The first kappa shape index (κ1) is 19.0. The van der Waals surface area contributed by atoms with Crippen LogP contribution in [0.3, 0.4) is 0 Å². The van der Waals surface area contributed by atoms with E-state index in [1.807, 2.05) is 0 Å². The number of amides is 1. The molecular weight excluding hydrogens is 368 g/mol.